The molecule has 2 heterocycles. The third-order valence-electron chi connectivity index (χ3n) is 4.75. The smallest absolute Gasteiger partial charge is 0.357 e. The fourth-order valence-electron chi connectivity index (χ4n) is 3.06. The molecule has 4 rings (SSSR count). The first kappa shape index (κ1) is 20.6. The van der Waals surface area contributed by atoms with Gasteiger partial charge in [-0.3, -0.25) is 4.79 Å². The lowest BCUT2D eigenvalue weighted by Crippen LogP contribution is -2.30. The predicted molar refractivity (Wildman–Crippen MR) is 122 cm³/mol. The van der Waals surface area contributed by atoms with Gasteiger partial charge in [0, 0.05) is 11.8 Å². The molecule has 0 saturated carbocycles. The second-order valence-electron chi connectivity index (χ2n) is 6.99. The van der Waals surface area contributed by atoms with Crippen molar-refractivity contribution in [2.45, 2.75) is 20.0 Å². The molecule has 2 aromatic heterocycles. The molecule has 0 aliphatic heterocycles. The maximum Gasteiger partial charge on any atom is 0.357 e. The molecule has 0 unspecified atom stereocenters. The summed E-state index contributed by atoms with van der Waals surface area (Å²) >= 11 is 1.53. The molecule has 0 aliphatic rings. The van der Waals surface area contributed by atoms with Crippen molar-refractivity contribution in [2.75, 3.05) is 5.32 Å². The number of hydrogen-bond acceptors (Lipinski definition) is 5. The van der Waals surface area contributed by atoms with Crippen molar-refractivity contribution in [1.29, 1.82) is 0 Å². The van der Waals surface area contributed by atoms with Crippen molar-refractivity contribution in [3.8, 4) is 16.3 Å². The van der Waals surface area contributed by atoms with Crippen LogP contribution < -0.4 is 5.32 Å². The SMILES string of the molecule is Cc1ccccc1NC(=O)[C@H](C)OC(=O)c1cc(-c2cccs2)nn1-c1ccccc1. The Labute approximate surface area is 184 Å². The van der Waals surface area contributed by atoms with Crippen molar-refractivity contribution in [3.05, 3.63) is 89.4 Å². The lowest BCUT2D eigenvalue weighted by Gasteiger charge is -2.15. The van der Waals surface area contributed by atoms with Crippen molar-refractivity contribution in [1.82, 2.24) is 9.78 Å². The molecule has 1 N–H and O–H groups in total. The molecular weight excluding hydrogens is 410 g/mol. The normalized spacial score (nSPS) is 11.7. The summed E-state index contributed by atoms with van der Waals surface area (Å²) in [6.45, 7) is 3.45. The first-order valence-electron chi connectivity index (χ1n) is 9.80. The minimum Gasteiger partial charge on any atom is -0.448 e. The molecule has 0 spiro atoms. The summed E-state index contributed by atoms with van der Waals surface area (Å²) in [7, 11) is 0. The summed E-state index contributed by atoms with van der Waals surface area (Å²) in [6, 6.07) is 22.3. The zero-order valence-electron chi connectivity index (χ0n) is 17.1. The Kier molecular flexibility index (Phi) is 5.95. The van der Waals surface area contributed by atoms with Gasteiger partial charge in [-0.25, -0.2) is 9.48 Å². The molecule has 0 bridgehead atoms. The van der Waals surface area contributed by atoms with Crippen molar-refractivity contribution < 1.29 is 14.3 Å². The molecule has 1 amide bonds. The first-order chi connectivity index (χ1) is 15.0. The van der Waals surface area contributed by atoms with Gasteiger partial charge in [0.15, 0.2) is 11.8 Å². The number of esters is 1. The van der Waals surface area contributed by atoms with Gasteiger partial charge in [0.2, 0.25) is 0 Å². The minimum atomic E-state index is -0.976. The van der Waals surface area contributed by atoms with Crippen LogP contribution in [-0.2, 0) is 9.53 Å². The highest BCUT2D eigenvalue weighted by Crippen LogP contribution is 2.26. The van der Waals surface area contributed by atoms with Gasteiger partial charge >= 0.3 is 5.97 Å². The molecular formula is C24H21N3O3S. The number of nitrogens with zero attached hydrogens (tertiary/aromatic N) is 2. The van der Waals surface area contributed by atoms with E-state index < -0.39 is 18.0 Å². The molecule has 4 aromatic rings. The van der Waals surface area contributed by atoms with E-state index in [-0.39, 0.29) is 5.69 Å². The summed E-state index contributed by atoms with van der Waals surface area (Å²) < 4.78 is 7.04. The van der Waals surface area contributed by atoms with Gasteiger partial charge in [0.05, 0.1) is 10.6 Å². The quantitative estimate of drug-likeness (QED) is 0.432. The highest BCUT2D eigenvalue weighted by Gasteiger charge is 2.24. The van der Waals surface area contributed by atoms with Crippen molar-refractivity contribution in [2.24, 2.45) is 0 Å². The average molecular weight is 432 g/mol. The summed E-state index contributed by atoms with van der Waals surface area (Å²) in [4.78, 5) is 26.5. The highest BCUT2D eigenvalue weighted by atomic mass is 32.1. The van der Waals surface area contributed by atoms with E-state index in [0.717, 1.165) is 16.1 Å². The molecule has 0 saturated heterocycles. The Morgan fingerprint density at radius 2 is 1.77 bits per heavy atom. The fraction of sp³-hybridized carbons (Fsp3) is 0.125. The number of carbonyl (C=O) groups excluding carboxylic acids is 2. The van der Waals surface area contributed by atoms with Gasteiger partial charge in [0.25, 0.3) is 5.91 Å². The van der Waals surface area contributed by atoms with Crippen LogP contribution in [-0.4, -0.2) is 27.8 Å². The van der Waals surface area contributed by atoms with E-state index in [2.05, 4.69) is 10.4 Å². The summed E-state index contributed by atoms with van der Waals surface area (Å²) in [5, 5.41) is 9.36. The number of carbonyl (C=O) groups is 2. The molecule has 0 radical (unpaired) electrons. The number of aromatic nitrogens is 2. The van der Waals surface area contributed by atoms with Crippen LogP contribution in [0.5, 0.6) is 0 Å². The average Bonchev–Trinajstić information content (AvgIpc) is 3.46. The topological polar surface area (TPSA) is 73.2 Å². The number of benzene rings is 2. The van der Waals surface area contributed by atoms with Crippen LogP contribution in [0.25, 0.3) is 16.3 Å². The predicted octanol–water partition coefficient (Wildman–Crippen LogP) is 5.09. The summed E-state index contributed by atoms with van der Waals surface area (Å²) in [5.74, 6) is -1.02. The number of amides is 1. The van der Waals surface area contributed by atoms with E-state index in [0.29, 0.717) is 11.4 Å². The standard InChI is InChI=1S/C24H21N3O3S/c1-16-9-6-7-12-19(16)25-23(28)17(2)30-24(29)21-15-20(22-13-8-14-31-22)26-27(21)18-10-4-3-5-11-18/h3-15,17H,1-2H3,(H,25,28)/t17-/m0/s1. The fourth-order valence-corrected chi connectivity index (χ4v) is 3.74. The van der Waals surface area contributed by atoms with E-state index in [1.807, 2.05) is 73.0 Å². The van der Waals surface area contributed by atoms with Gasteiger partial charge in [-0.15, -0.1) is 11.3 Å². The van der Waals surface area contributed by atoms with Crippen LogP contribution >= 0.6 is 11.3 Å². The second-order valence-corrected chi connectivity index (χ2v) is 7.94. The van der Waals surface area contributed by atoms with Crippen LogP contribution in [0.1, 0.15) is 23.0 Å². The monoisotopic (exact) mass is 431 g/mol. The van der Waals surface area contributed by atoms with Crippen LogP contribution in [0.3, 0.4) is 0 Å². The van der Waals surface area contributed by atoms with E-state index in [9.17, 15) is 9.59 Å². The van der Waals surface area contributed by atoms with E-state index in [1.54, 1.807) is 23.7 Å². The number of nitrogens with one attached hydrogen (secondary N) is 1. The third kappa shape index (κ3) is 4.57. The number of hydrogen-bond donors (Lipinski definition) is 1. The minimum absolute atomic E-state index is 0.255. The Morgan fingerprint density at radius 1 is 1.03 bits per heavy atom. The van der Waals surface area contributed by atoms with E-state index in [1.165, 1.54) is 11.3 Å². The Hall–Kier alpha value is -3.71. The second kappa shape index (κ2) is 8.97. The lowest BCUT2D eigenvalue weighted by molar-refractivity contribution is -0.123. The third-order valence-corrected chi connectivity index (χ3v) is 5.64. The Bertz CT molecular complexity index is 1200. The lowest BCUT2D eigenvalue weighted by atomic mass is 10.2. The molecule has 31 heavy (non-hydrogen) atoms. The molecule has 1 atom stereocenters. The maximum atomic E-state index is 13.0. The number of rotatable bonds is 6. The molecule has 156 valence electrons. The molecule has 7 heteroatoms. The van der Waals surface area contributed by atoms with Gasteiger partial charge in [-0.05, 0) is 49.1 Å². The number of anilines is 1. The van der Waals surface area contributed by atoms with Crippen molar-refractivity contribution in [3.63, 3.8) is 0 Å². The highest BCUT2D eigenvalue weighted by molar-refractivity contribution is 7.13. The van der Waals surface area contributed by atoms with Gasteiger partial charge in [-0.2, -0.15) is 5.10 Å². The number of ether oxygens (including phenoxy) is 1. The maximum absolute atomic E-state index is 13.0. The zero-order valence-corrected chi connectivity index (χ0v) is 17.9. The molecule has 6 nitrogen and oxygen atoms in total. The summed E-state index contributed by atoms with van der Waals surface area (Å²) in [5.41, 5.74) is 3.27. The van der Waals surface area contributed by atoms with Crippen LogP contribution in [0.2, 0.25) is 0 Å². The van der Waals surface area contributed by atoms with Crippen LogP contribution in [0, 0.1) is 6.92 Å². The van der Waals surface area contributed by atoms with Crippen LogP contribution in [0.4, 0.5) is 5.69 Å². The number of para-hydroxylation sites is 2. The van der Waals surface area contributed by atoms with Gasteiger partial charge < -0.3 is 10.1 Å². The van der Waals surface area contributed by atoms with Crippen molar-refractivity contribution >= 4 is 28.9 Å². The molecule has 0 fully saturated rings. The first-order valence-corrected chi connectivity index (χ1v) is 10.7. The summed E-state index contributed by atoms with van der Waals surface area (Å²) in [6.07, 6.45) is -0.976. The Morgan fingerprint density at radius 3 is 2.48 bits per heavy atom. The molecule has 0 aliphatic carbocycles. The zero-order chi connectivity index (χ0) is 21.8. The number of aryl methyl sites for hydroxylation is 1. The Balaban J connectivity index is 1.57. The van der Waals surface area contributed by atoms with E-state index >= 15 is 0 Å². The largest absolute Gasteiger partial charge is 0.448 e. The van der Waals surface area contributed by atoms with Gasteiger partial charge in [-0.1, -0.05) is 42.5 Å². The number of thiophene rings is 1. The van der Waals surface area contributed by atoms with Crippen LogP contribution in [0.15, 0.2) is 78.2 Å². The van der Waals surface area contributed by atoms with Gasteiger partial charge in [0.1, 0.15) is 5.69 Å². The molecule has 2 aromatic carbocycles. The van der Waals surface area contributed by atoms with E-state index in [4.69, 9.17) is 4.74 Å².